The van der Waals surface area contributed by atoms with Crippen molar-refractivity contribution < 1.29 is 28.5 Å². The van der Waals surface area contributed by atoms with Crippen LogP contribution in [0.4, 0.5) is 33.6 Å². The maximum Gasteiger partial charge on any atom is 0.548 e. The number of fused-ring (bicyclic) bond motifs is 1. The zero-order valence-corrected chi connectivity index (χ0v) is 33.7. The van der Waals surface area contributed by atoms with Gasteiger partial charge in [0.25, 0.3) is 17.9 Å². The zero-order valence-electron chi connectivity index (χ0n) is 33.7. The van der Waals surface area contributed by atoms with Crippen molar-refractivity contribution in [3.8, 4) is 30.3 Å². The molecular weight excluding hydrogens is 835 g/mol. The van der Waals surface area contributed by atoms with Crippen LogP contribution in [0.2, 0.25) is 0 Å². The predicted molar refractivity (Wildman–Crippen MR) is 229 cm³/mol. The van der Waals surface area contributed by atoms with Crippen molar-refractivity contribution >= 4 is 60.8 Å². The number of H-pyrrole nitrogens is 3. The molecule has 3 radical (unpaired) electrons. The number of allylic oxidation sites excluding steroid dienone is 1. The number of hydrazine groups is 1. The first-order chi connectivity index (χ1) is 29.0. The summed E-state index contributed by atoms with van der Waals surface area (Å²) in [6.45, 7) is 30.8. The quantitative estimate of drug-likeness (QED) is 0.0172. The molecule has 0 aromatic carbocycles. The molecule has 331 valence electrons. The van der Waals surface area contributed by atoms with Crippen LogP contribution < -0.4 is 22.7 Å². The van der Waals surface area contributed by atoms with Gasteiger partial charge in [-0.15, -0.1) is 0 Å². The number of hydrogen-bond donors (Lipinski definition) is 7. The number of carbonyl (C=O) groups is 1. The van der Waals surface area contributed by atoms with Crippen molar-refractivity contribution in [1.82, 2.24) is 46.0 Å². The highest BCUT2D eigenvalue weighted by molar-refractivity contribution is 5.89. The van der Waals surface area contributed by atoms with E-state index < -0.39 is 29.6 Å². The summed E-state index contributed by atoms with van der Waals surface area (Å²) in [4.78, 5) is 33.1. The highest BCUT2D eigenvalue weighted by Crippen LogP contribution is 2.28. The molecule has 10 N–H and O–H groups in total. The summed E-state index contributed by atoms with van der Waals surface area (Å²) in [5.74, 6) is 4.79. The van der Waals surface area contributed by atoms with Gasteiger partial charge < -0.3 is 35.2 Å². The lowest BCUT2D eigenvalue weighted by Gasteiger charge is -2.18. The number of anilines is 2. The van der Waals surface area contributed by atoms with Crippen LogP contribution in [0.15, 0.2) is 22.7 Å². The Hall–Kier alpha value is -9.64. The van der Waals surface area contributed by atoms with E-state index >= 15 is 0 Å². The van der Waals surface area contributed by atoms with Crippen LogP contribution in [0.3, 0.4) is 0 Å². The van der Waals surface area contributed by atoms with Gasteiger partial charge in [-0.05, 0) is 20.8 Å². The molecular formula is C35H42BN22O6. The summed E-state index contributed by atoms with van der Waals surface area (Å²) in [7, 11) is 5.96. The summed E-state index contributed by atoms with van der Waals surface area (Å²) in [6, 6.07) is 8.35. The maximum atomic E-state index is 10.4. The van der Waals surface area contributed by atoms with E-state index in [0.717, 1.165) is 6.40 Å². The number of nitriles is 5. The largest absolute Gasteiger partial charge is 0.548 e. The number of nitrogens with one attached hydrogen (secondary N) is 4. The van der Waals surface area contributed by atoms with E-state index in [2.05, 4.69) is 83.9 Å². The number of nitrogen functional groups attached to an aromatic ring is 2. The molecule has 64 heavy (non-hydrogen) atoms. The van der Waals surface area contributed by atoms with Crippen molar-refractivity contribution in [2.24, 2.45) is 10.8 Å². The average Bonchev–Trinajstić information content (AvgIpc) is 3.99. The van der Waals surface area contributed by atoms with Crippen LogP contribution in [-0.4, -0.2) is 102 Å². The number of rotatable bonds is 5. The molecule has 0 spiro atoms. The molecule has 0 atom stereocenters. The molecule has 0 bridgehead atoms. The molecule has 4 rings (SSSR count). The van der Waals surface area contributed by atoms with E-state index in [1.807, 2.05) is 11.5 Å². The highest BCUT2D eigenvalue weighted by Gasteiger charge is 2.15. The molecule has 4 aromatic heterocycles. The van der Waals surface area contributed by atoms with Crippen LogP contribution in [0.5, 0.6) is 0 Å². The lowest BCUT2D eigenvalue weighted by molar-refractivity contribution is -0.252. The molecule has 0 saturated heterocycles. The summed E-state index contributed by atoms with van der Waals surface area (Å²) in [6.07, 6.45) is 1.84. The normalized spacial score (nSPS) is 8.56. The van der Waals surface area contributed by atoms with Crippen molar-refractivity contribution in [3.63, 3.8) is 0 Å². The Kier molecular flexibility index (Phi) is 35.1. The number of methoxy groups -OCH3 is 4. The second-order valence-corrected chi connectivity index (χ2v) is 10.5. The molecule has 0 fully saturated rings. The highest BCUT2D eigenvalue weighted by atomic mass is 16.8. The number of nitrogens with zero attached hydrogens (tertiary/aromatic N) is 15. The lowest BCUT2D eigenvalue weighted by atomic mass is 10.2. The average molecular weight is 878 g/mol. The minimum atomic E-state index is -0.609. The number of aromatic nitrogens is 8. The van der Waals surface area contributed by atoms with E-state index in [0.29, 0.717) is 16.7 Å². The van der Waals surface area contributed by atoms with Gasteiger partial charge in [-0.25, -0.2) is 35.3 Å². The Labute approximate surface area is 370 Å². The number of hydrogen-bond acceptors (Lipinski definition) is 20. The topological polar surface area (TPSA) is 414 Å². The van der Waals surface area contributed by atoms with Gasteiger partial charge in [0, 0.05) is 29.7 Å². The van der Waals surface area contributed by atoms with E-state index in [1.165, 1.54) is 46.9 Å². The Morgan fingerprint density at radius 2 is 1.30 bits per heavy atom. The van der Waals surface area contributed by atoms with Gasteiger partial charge in [0.05, 0.1) is 25.6 Å². The molecule has 28 nitrogen and oxygen atoms in total. The Bertz CT molecular complexity index is 2430. The summed E-state index contributed by atoms with van der Waals surface area (Å²) in [5, 5.41) is 60.4. The zero-order chi connectivity index (χ0) is 47.0. The summed E-state index contributed by atoms with van der Waals surface area (Å²) >= 11 is 0. The molecule has 0 saturated carbocycles. The number of aliphatic imine (C=N–C) groups is 1. The third kappa shape index (κ3) is 22.5. The fourth-order valence-corrected chi connectivity index (χ4v) is 3.06. The predicted octanol–water partition coefficient (Wildman–Crippen LogP) is 3.93. The second-order valence-electron chi connectivity index (χ2n) is 10.5. The SMILES string of the molecule is C.C.CC(C)(C)OC(=O)NN.COC(OC)OC.N#Cc1[nH]nc2ncnc(N)c12.[B].[C-]#[N+]C([N+]#[C-])=C(C#N)C#N.[C-]#[N+]c1c(N)n[nH]c1C#N.[C-]#[N+]c1c(N=COC)n[nH]c1C#N. The number of aromatic amines is 3. The Morgan fingerprint density at radius 1 is 0.812 bits per heavy atom. The van der Waals surface area contributed by atoms with Gasteiger partial charge in [-0.2, -0.15) is 51.3 Å². The Balaban J connectivity index is -0.000000218. The van der Waals surface area contributed by atoms with Crippen LogP contribution in [0, 0.1) is 82.9 Å². The van der Waals surface area contributed by atoms with Gasteiger partial charge in [0.2, 0.25) is 5.57 Å². The van der Waals surface area contributed by atoms with E-state index in [1.54, 1.807) is 32.9 Å². The van der Waals surface area contributed by atoms with E-state index in [4.69, 9.17) is 74.6 Å². The van der Waals surface area contributed by atoms with E-state index in [9.17, 15) is 4.79 Å². The molecule has 29 heteroatoms. The van der Waals surface area contributed by atoms with Gasteiger partial charge in [0.1, 0.15) is 78.3 Å². The van der Waals surface area contributed by atoms with Crippen LogP contribution in [0.1, 0.15) is 52.7 Å². The van der Waals surface area contributed by atoms with Gasteiger partial charge in [-0.3, -0.25) is 20.7 Å². The first-order valence-electron chi connectivity index (χ1n) is 15.5. The first kappa shape index (κ1) is 63.5. The fraction of sp³-hybridized carbons (Fsp3) is 0.314. The van der Waals surface area contributed by atoms with Crippen LogP contribution in [0.25, 0.3) is 30.4 Å². The molecule has 1 amide bonds. The molecule has 4 heterocycles. The molecule has 0 aliphatic heterocycles. The smallest absolute Gasteiger partial charge is 0.486 e. The van der Waals surface area contributed by atoms with Crippen molar-refractivity contribution in [2.75, 3.05) is 39.9 Å². The number of ether oxygens (including phenoxy) is 5. The third-order valence-corrected chi connectivity index (χ3v) is 5.46. The standard InChI is InChI=1S/C7H5N5O.C6H4N6.C6N4.C5H3N5.C5H12N2O2.C4H10O3.2CH4.B/c1-9-6-5(3-8)11-12-7(6)10-4-13-2;7-1-3-4-5(8)9-2-10-6(4)12-11-3;1-9-6(10-2)5(3-7)4-8;1-8-4-3(2-6)9-10-5(4)7;1-5(2,3)9-4(8)7-6;1-5-4(6-2)7-3;;;/h4H,2H3,(H,11,12);2H,(H3,8,9,10,11,12);;(H3,7,9,10);6H2,1-3H3,(H,7,8);4H,1-3H3;2*1H4;. The van der Waals surface area contributed by atoms with Gasteiger partial charge in [-0.1, -0.05) is 14.9 Å². The molecule has 0 aliphatic carbocycles. The second kappa shape index (κ2) is 35.3. The number of nitrogens with two attached hydrogens (primary N) is 3. The monoisotopic (exact) mass is 877 g/mol. The lowest BCUT2D eigenvalue weighted by Crippen LogP contribution is -2.36. The maximum absolute atomic E-state index is 10.4. The molecule has 0 unspecified atom stereocenters. The number of carbonyl (C=O) groups excluding carboxylic acids is 1. The third-order valence-electron chi connectivity index (χ3n) is 5.46. The van der Waals surface area contributed by atoms with Gasteiger partial charge >= 0.3 is 11.9 Å². The number of amides is 1. The van der Waals surface area contributed by atoms with Crippen LogP contribution in [-0.2, 0) is 23.7 Å². The van der Waals surface area contributed by atoms with Crippen molar-refractivity contribution in [1.29, 1.82) is 26.3 Å². The first-order valence-corrected chi connectivity index (χ1v) is 15.5. The molecule has 4 aromatic rings. The molecule has 0 aliphatic rings. The Morgan fingerprint density at radius 3 is 1.64 bits per heavy atom. The van der Waals surface area contributed by atoms with E-state index in [-0.39, 0.29) is 63.5 Å². The van der Waals surface area contributed by atoms with Crippen molar-refractivity contribution in [2.45, 2.75) is 47.7 Å². The fourth-order valence-electron chi connectivity index (χ4n) is 3.06. The van der Waals surface area contributed by atoms with Crippen molar-refractivity contribution in [3.05, 3.63) is 80.5 Å². The summed E-state index contributed by atoms with van der Waals surface area (Å²) in [5.41, 5.74) is 12.8. The minimum absolute atomic E-state index is 0. The van der Waals surface area contributed by atoms with Crippen LogP contribution >= 0.6 is 0 Å². The summed E-state index contributed by atoms with van der Waals surface area (Å²) < 4.78 is 23.1. The minimum Gasteiger partial charge on any atom is -0.486 e. The van der Waals surface area contributed by atoms with Gasteiger partial charge in [0.15, 0.2) is 23.7 Å².